The van der Waals surface area contributed by atoms with Gasteiger partial charge in [-0.1, -0.05) is 52.0 Å². The Morgan fingerprint density at radius 3 is 1.35 bits per heavy atom. The van der Waals surface area contributed by atoms with Crippen LogP contribution in [0.5, 0.6) is 11.5 Å². The van der Waals surface area contributed by atoms with Crippen molar-refractivity contribution in [3.05, 3.63) is 58.7 Å². The maximum Gasteiger partial charge on any atom is 0.423 e. The molecule has 0 unspecified atom stereocenters. The third-order valence-corrected chi connectivity index (χ3v) is 4.15. The molecular weight excluding hydrogens is 328 g/mol. The number of carbonyl (C=O) groups is 2. The molecule has 138 valence electrons. The van der Waals surface area contributed by atoms with Crippen molar-refractivity contribution in [3.63, 3.8) is 0 Å². The summed E-state index contributed by atoms with van der Waals surface area (Å²) < 4.78 is 10.7. The summed E-state index contributed by atoms with van der Waals surface area (Å²) in [6.45, 7) is 11.8. The molecule has 4 heteroatoms. The number of esters is 2. The van der Waals surface area contributed by atoms with Crippen LogP contribution >= 0.6 is 0 Å². The van der Waals surface area contributed by atoms with E-state index in [1.54, 1.807) is 12.1 Å². The van der Waals surface area contributed by atoms with Crippen molar-refractivity contribution in [2.75, 3.05) is 0 Å². The zero-order valence-corrected chi connectivity index (χ0v) is 16.3. The van der Waals surface area contributed by atoms with Crippen LogP contribution in [0.3, 0.4) is 0 Å². The van der Waals surface area contributed by atoms with Gasteiger partial charge in [0.1, 0.15) is 11.5 Å². The summed E-state index contributed by atoms with van der Waals surface area (Å²) in [4.78, 5) is 24.5. The maximum atomic E-state index is 12.3. The molecule has 2 aromatic rings. The molecule has 0 spiro atoms. The van der Waals surface area contributed by atoms with Crippen LogP contribution in [0.15, 0.2) is 36.4 Å². The fourth-order valence-corrected chi connectivity index (χ4v) is 2.70. The van der Waals surface area contributed by atoms with Crippen LogP contribution in [0.2, 0.25) is 0 Å². The molecule has 0 aliphatic carbocycles. The van der Waals surface area contributed by atoms with E-state index in [0.29, 0.717) is 11.5 Å². The van der Waals surface area contributed by atoms with Gasteiger partial charge in [-0.15, -0.1) is 0 Å². The molecule has 0 radical (unpaired) electrons. The van der Waals surface area contributed by atoms with Gasteiger partial charge in [0, 0.05) is 0 Å². The monoisotopic (exact) mass is 354 g/mol. The van der Waals surface area contributed by atoms with E-state index >= 15 is 0 Å². The lowest BCUT2D eigenvalue weighted by molar-refractivity contribution is -0.156. The summed E-state index contributed by atoms with van der Waals surface area (Å²) in [6.07, 6.45) is 0. The van der Waals surface area contributed by atoms with Crippen LogP contribution in [0.1, 0.15) is 61.8 Å². The van der Waals surface area contributed by atoms with Gasteiger partial charge in [-0.25, -0.2) is 9.59 Å². The van der Waals surface area contributed by atoms with E-state index in [4.69, 9.17) is 9.47 Å². The largest absolute Gasteiger partial charge is 0.423 e. The molecule has 2 rings (SSSR count). The number of benzene rings is 2. The minimum Gasteiger partial charge on any atom is -0.418 e. The number of ether oxygens (including phenoxy) is 2. The predicted octanol–water partition coefficient (Wildman–Crippen LogP) is 5.06. The van der Waals surface area contributed by atoms with Gasteiger partial charge in [-0.2, -0.15) is 0 Å². The Bertz CT molecular complexity index is 749. The number of rotatable bonds is 4. The minimum absolute atomic E-state index is 0.165. The van der Waals surface area contributed by atoms with Crippen molar-refractivity contribution in [1.29, 1.82) is 0 Å². The molecule has 26 heavy (non-hydrogen) atoms. The van der Waals surface area contributed by atoms with E-state index in [2.05, 4.69) is 0 Å². The zero-order valence-electron chi connectivity index (χ0n) is 16.3. The number of hydrogen-bond acceptors (Lipinski definition) is 4. The quantitative estimate of drug-likeness (QED) is 0.437. The Labute approximate surface area is 155 Å². The van der Waals surface area contributed by atoms with Crippen molar-refractivity contribution in [2.24, 2.45) is 0 Å². The van der Waals surface area contributed by atoms with Crippen LogP contribution in [0, 0.1) is 13.8 Å². The molecular formula is C22H26O4. The average Bonchev–Trinajstić information content (AvgIpc) is 2.54. The van der Waals surface area contributed by atoms with E-state index in [1.165, 1.54) is 0 Å². The Morgan fingerprint density at radius 2 is 1.04 bits per heavy atom. The second-order valence-corrected chi connectivity index (χ2v) is 7.17. The zero-order chi connectivity index (χ0) is 19.4. The Morgan fingerprint density at radius 1 is 0.692 bits per heavy atom. The molecule has 0 amide bonds. The molecule has 0 bridgehead atoms. The number of carbonyl (C=O) groups excluding carboxylic acids is 2. The predicted molar refractivity (Wildman–Crippen MR) is 102 cm³/mol. The normalized spacial score (nSPS) is 10.9. The molecule has 0 saturated carbocycles. The molecule has 0 heterocycles. The second kappa shape index (κ2) is 8.17. The summed E-state index contributed by atoms with van der Waals surface area (Å²) >= 11 is 0. The van der Waals surface area contributed by atoms with Gasteiger partial charge in [-0.3, -0.25) is 0 Å². The van der Waals surface area contributed by atoms with Crippen LogP contribution in [0.25, 0.3) is 0 Å². The fourth-order valence-electron chi connectivity index (χ4n) is 2.70. The van der Waals surface area contributed by atoms with Crippen LogP contribution in [-0.2, 0) is 9.59 Å². The molecule has 4 nitrogen and oxygen atoms in total. The number of aryl methyl sites for hydroxylation is 2. The van der Waals surface area contributed by atoms with E-state index in [1.807, 2.05) is 65.8 Å². The average molecular weight is 354 g/mol. The summed E-state index contributed by atoms with van der Waals surface area (Å²) in [5.74, 6) is -0.912. The van der Waals surface area contributed by atoms with E-state index < -0.39 is 11.9 Å². The number of hydrogen-bond donors (Lipinski definition) is 0. The van der Waals surface area contributed by atoms with Gasteiger partial charge in [0.25, 0.3) is 0 Å². The van der Waals surface area contributed by atoms with Gasteiger partial charge < -0.3 is 9.47 Å². The van der Waals surface area contributed by atoms with Crippen molar-refractivity contribution in [3.8, 4) is 11.5 Å². The first-order chi connectivity index (χ1) is 12.2. The lowest BCUT2D eigenvalue weighted by atomic mass is 10.0. The highest BCUT2D eigenvalue weighted by atomic mass is 16.6. The summed E-state index contributed by atoms with van der Waals surface area (Å²) in [5, 5.41) is 0. The molecule has 0 N–H and O–H groups in total. The van der Waals surface area contributed by atoms with Crippen molar-refractivity contribution in [1.82, 2.24) is 0 Å². The highest BCUT2D eigenvalue weighted by Crippen LogP contribution is 2.29. The second-order valence-electron chi connectivity index (χ2n) is 7.17. The molecule has 2 aromatic carbocycles. The van der Waals surface area contributed by atoms with Crippen molar-refractivity contribution in [2.45, 2.75) is 53.4 Å². The lowest BCUT2D eigenvalue weighted by Gasteiger charge is -2.15. The Hall–Kier alpha value is -2.62. The molecule has 0 aliphatic rings. The Balaban J connectivity index is 2.21. The summed E-state index contributed by atoms with van der Waals surface area (Å²) in [6, 6.07) is 11.2. The maximum absolute atomic E-state index is 12.3. The van der Waals surface area contributed by atoms with Gasteiger partial charge >= 0.3 is 11.9 Å². The van der Waals surface area contributed by atoms with Crippen molar-refractivity contribution >= 4 is 11.9 Å². The fraction of sp³-hybridized carbons (Fsp3) is 0.364. The van der Waals surface area contributed by atoms with E-state index in [0.717, 1.165) is 22.3 Å². The van der Waals surface area contributed by atoms with Crippen molar-refractivity contribution < 1.29 is 19.1 Å². The minimum atomic E-state index is -1.02. The first kappa shape index (κ1) is 19.7. The van der Waals surface area contributed by atoms with E-state index in [-0.39, 0.29) is 11.8 Å². The first-order valence-corrected chi connectivity index (χ1v) is 8.84. The molecule has 0 saturated heterocycles. The topological polar surface area (TPSA) is 52.6 Å². The highest BCUT2D eigenvalue weighted by molar-refractivity contribution is 6.31. The Kier molecular flexibility index (Phi) is 6.19. The summed E-state index contributed by atoms with van der Waals surface area (Å²) in [7, 11) is 0. The van der Waals surface area contributed by atoms with Crippen LogP contribution < -0.4 is 9.47 Å². The van der Waals surface area contributed by atoms with Crippen LogP contribution in [-0.4, -0.2) is 11.9 Å². The molecule has 0 aliphatic heterocycles. The smallest absolute Gasteiger partial charge is 0.418 e. The lowest BCUT2D eigenvalue weighted by Crippen LogP contribution is -2.26. The van der Waals surface area contributed by atoms with E-state index in [9.17, 15) is 9.59 Å². The first-order valence-electron chi connectivity index (χ1n) is 8.84. The van der Waals surface area contributed by atoms with Gasteiger partial charge in [0.05, 0.1) is 0 Å². The molecule has 0 atom stereocenters. The molecule has 0 aromatic heterocycles. The van der Waals surface area contributed by atoms with Gasteiger partial charge in [0.2, 0.25) is 0 Å². The standard InChI is InChI=1S/C22H26O4/c1-13(2)17-9-7-15(5)11-19(17)25-21(23)22(24)26-20-12-16(6)8-10-18(20)14(3)4/h7-14H,1-6H3. The summed E-state index contributed by atoms with van der Waals surface area (Å²) in [5.41, 5.74) is 3.64. The van der Waals surface area contributed by atoms with Crippen LogP contribution in [0.4, 0.5) is 0 Å². The highest BCUT2D eigenvalue weighted by Gasteiger charge is 2.23. The third-order valence-electron chi connectivity index (χ3n) is 4.15. The van der Waals surface area contributed by atoms with Gasteiger partial charge in [-0.05, 0) is 60.1 Å². The molecule has 0 fully saturated rings. The SMILES string of the molecule is Cc1ccc(C(C)C)c(OC(=O)C(=O)Oc2cc(C)ccc2C(C)C)c1. The van der Waals surface area contributed by atoms with Gasteiger partial charge in [0.15, 0.2) is 0 Å². The third kappa shape index (κ3) is 4.72.